The molecule has 58 valence electrons. The molecule has 0 aliphatic rings. The van der Waals surface area contributed by atoms with Crippen molar-refractivity contribution in [2.24, 2.45) is 5.73 Å². The van der Waals surface area contributed by atoms with Crippen LogP contribution in [0.4, 0.5) is 0 Å². The van der Waals surface area contributed by atoms with Crippen LogP contribution in [0.3, 0.4) is 0 Å². The fraction of sp³-hybridized carbons (Fsp3) is 0.111. The Morgan fingerprint density at radius 3 is 2.45 bits per heavy atom. The lowest BCUT2D eigenvalue weighted by molar-refractivity contribution is 1.26. The van der Waals surface area contributed by atoms with E-state index in [2.05, 4.69) is 46.9 Å². The number of halogens is 1. The minimum Gasteiger partial charge on any atom is -0.327 e. The summed E-state index contributed by atoms with van der Waals surface area (Å²) < 4.78 is 1.26. The first-order valence-corrected chi connectivity index (χ1v) is 4.53. The fourth-order valence-corrected chi connectivity index (χ4v) is 1.14. The van der Waals surface area contributed by atoms with Gasteiger partial charge in [-0.15, -0.1) is 0 Å². The summed E-state index contributed by atoms with van der Waals surface area (Å²) in [5.74, 6) is 0. The van der Waals surface area contributed by atoms with Crippen molar-refractivity contribution in [1.29, 1.82) is 0 Å². The Morgan fingerprint density at radius 1 is 1.27 bits per heavy atom. The Labute approximate surface area is 80.4 Å². The van der Waals surface area contributed by atoms with Crippen molar-refractivity contribution in [2.75, 3.05) is 6.54 Å². The fourth-order valence-electron chi connectivity index (χ4n) is 0.778. The van der Waals surface area contributed by atoms with Crippen molar-refractivity contribution in [3.8, 4) is 0 Å². The van der Waals surface area contributed by atoms with Gasteiger partial charge in [-0.3, -0.25) is 0 Å². The second-order valence-corrected chi connectivity index (χ2v) is 3.44. The van der Waals surface area contributed by atoms with Gasteiger partial charge in [0.1, 0.15) is 0 Å². The van der Waals surface area contributed by atoms with Crippen LogP contribution in [0.2, 0.25) is 0 Å². The lowest BCUT2D eigenvalue weighted by Gasteiger charge is -1.92. The molecule has 0 amide bonds. The summed E-state index contributed by atoms with van der Waals surface area (Å²) in [5, 5.41) is 0. The van der Waals surface area contributed by atoms with Crippen LogP contribution < -0.4 is 5.73 Å². The van der Waals surface area contributed by atoms with Crippen LogP contribution in [-0.2, 0) is 0 Å². The molecular formula is C9H10IN. The SMILES string of the molecule is NCC=Cc1ccc(I)cc1. The van der Waals surface area contributed by atoms with Gasteiger partial charge in [-0.1, -0.05) is 24.3 Å². The van der Waals surface area contributed by atoms with E-state index in [9.17, 15) is 0 Å². The van der Waals surface area contributed by atoms with Gasteiger partial charge in [-0.2, -0.15) is 0 Å². The maximum atomic E-state index is 5.32. The first-order valence-electron chi connectivity index (χ1n) is 3.45. The first-order chi connectivity index (χ1) is 5.33. The highest BCUT2D eigenvalue weighted by Gasteiger charge is 1.85. The average molecular weight is 259 g/mol. The molecule has 0 fully saturated rings. The minimum atomic E-state index is 0.603. The third-order valence-corrected chi connectivity index (χ3v) is 2.04. The molecule has 0 heterocycles. The van der Waals surface area contributed by atoms with Gasteiger partial charge in [-0.05, 0) is 40.3 Å². The van der Waals surface area contributed by atoms with Crippen LogP contribution in [0.25, 0.3) is 6.08 Å². The molecule has 1 aromatic rings. The molecule has 0 unspecified atom stereocenters. The van der Waals surface area contributed by atoms with Crippen molar-refractivity contribution in [3.63, 3.8) is 0 Å². The summed E-state index contributed by atoms with van der Waals surface area (Å²) >= 11 is 2.29. The van der Waals surface area contributed by atoms with Crippen molar-refractivity contribution >= 4 is 28.7 Å². The highest BCUT2D eigenvalue weighted by atomic mass is 127. The molecule has 1 rings (SSSR count). The van der Waals surface area contributed by atoms with E-state index < -0.39 is 0 Å². The van der Waals surface area contributed by atoms with E-state index in [1.54, 1.807) is 0 Å². The van der Waals surface area contributed by atoms with Crippen LogP contribution in [0.1, 0.15) is 5.56 Å². The molecule has 0 saturated carbocycles. The van der Waals surface area contributed by atoms with E-state index in [0.717, 1.165) is 0 Å². The Hall–Kier alpha value is -0.350. The van der Waals surface area contributed by atoms with E-state index in [4.69, 9.17) is 5.73 Å². The minimum absolute atomic E-state index is 0.603. The lowest BCUT2D eigenvalue weighted by atomic mass is 10.2. The molecule has 0 spiro atoms. The molecule has 0 bridgehead atoms. The van der Waals surface area contributed by atoms with Crippen LogP contribution in [0.15, 0.2) is 30.3 Å². The van der Waals surface area contributed by atoms with E-state index in [-0.39, 0.29) is 0 Å². The summed E-state index contributed by atoms with van der Waals surface area (Å²) in [6.07, 6.45) is 3.97. The number of hydrogen-bond acceptors (Lipinski definition) is 1. The van der Waals surface area contributed by atoms with E-state index in [1.165, 1.54) is 9.13 Å². The standard InChI is InChI=1S/C9H10IN/c10-9-5-3-8(4-6-9)2-1-7-11/h1-6H,7,11H2. The monoisotopic (exact) mass is 259 g/mol. The molecule has 0 aliphatic carbocycles. The molecule has 0 aromatic heterocycles. The molecule has 0 saturated heterocycles. The highest BCUT2D eigenvalue weighted by molar-refractivity contribution is 14.1. The first kappa shape index (κ1) is 8.74. The third-order valence-electron chi connectivity index (χ3n) is 1.32. The second kappa shape index (κ2) is 4.51. The Balaban J connectivity index is 2.73. The van der Waals surface area contributed by atoms with E-state index in [1.807, 2.05) is 12.2 Å². The van der Waals surface area contributed by atoms with Gasteiger partial charge in [0, 0.05) is 10.1 Å². The summed E-state index contributed by atoms with van der Waals surface area (Å²) in [6.45, 7) is 0.603. The smallest absolute Gasteiger partial charge is 0.0130 e. The molecule has 1 aromatic carbocycles. The van der Waals surface area contributed by atoms with Gasteiger partial charge in [0.2, 0.25) is 0 Å². The predicted octanol–water partition coefficient (Wildman–Crippen LogP) is 2.26. The maximum absolute atomic E-state index is 5.32. The van der Waals surface area contributed by atoms with Crippen molar-refractivity contribution in [1.82, 2.24) is 0 Å². The second-order valence-electron chi connectivity index (χ2n) is 2.19. The number of nitrogens with two attached hydrogens (primary N) is 1. The number of hydrogen-bond donors (Lipinski definition) is 1. The van der Waals surface area contributed by atoms with Crippen LogP contribution in [0, 0.1) is 3.57 Å². The summed E-state index contributed by atoms with van der Waals surface area (Å²) in [5.41, 5.74) is 6.52. The van der Waals surface area contributed by atoms with Gasteiger partial charge in [0.15, 0.2) is 0 Å². The largest absolute Gasteiger partial charge is 0.327 e. The van der Waals surface area contributed by atoms with Gasteiger partial charge in [0.25, 0.3) is 0 Å². The van der Waals surface area contributed by atoms with Crippen molar-refractivity contribution in [2.45, 2.75) is 0 Å². The molecular weight excluding hydrogens is 249 g/mol. The van der Waals surface area contributed by atoms with Crippen LogP contribution >= 0.6 is 22.6 Å². The van der Waals surface area contributed by atoms with Crippen molar-refractivity contribution < 1.29 is 0 Å². The van der Waals surface area contributed by atoms with Gasteiger partial charge >= 0.3 is 0 Å². The molecule has 2 N–H and O–H groups in total. The summed E-state index contributed by atoms with van der Waals surface area (Å²) in [6, 6.07) is 8.31. The van der Waals surface area contributed by atoms with Gasteiger partial charge in [0.05, 0.1) is 0 Å². The molecule has 11 heavy (non-hydrogen) atoms. The Kier molecular flexibility index (Phi) is 3.59. The summed E-state index contributed by atoms with van der Waals surface area (Å²) in [4.78, 5) is 0. The maximum Gasteiger partial charge on any atom is 0.0130 e. The zero-order valence-corrected chi connectivity index (χ0v) is 8.28. The normalized spacial score (nSPS) is 10.7. The summed E-state index contributed by atoms with van der Waals surface area (Å²) in [7, 11) is 0. The van der Waals surface area contributed by atoms with E-state index in [0.29, 0.717) is 6.54 Å². The topological polar surface area (TPSA) is 26.0 Å². The molecule has 0 aliphatic heterocycles. The number of benzene rings is 1. The van der Waals surface area contributed by atoms with Crippen molar-refractivity contribution in [3.05, 3.63) is 39.5 Å². The number of rotatable bonds is 2. The van der Waals surface area contributed by atoms with Crippen LogP contribution in [0.5, 0.6) is 0 Å². The third kappa shape index (κ3) is 3.03. The lowest BCUT2D eigenvalue weighted by Crippen LogP contribution is -1.91. The van der Waals surface area contributed by atoms with Crippen LogP contribution in [-0.4, -0.2) is 6.54 Å². The van der Waals surface area contributed by atoms with E-state index >= 15 is 0 Å². The Bertz CT molecular complexity index is 238. The molecule has 0 atom stereocenters. The molecule has 2 heteroatoms. The Morgan fingerprint density at radius 2 is 1.91 bits per heavy atom. The highest BCUT2D eigenvalue weighted by Crippen LogP contribution is 2.07. The van der Waals surface area contributed by atoms with Gasteiger partial charge in [-0.25, -0.2) is 0 Å². The molecule has 0 radical (unpaired) electrons. The molecule has 1 nitrogen and oxygen atoms in total. The average Bonchev–Trinajstić information content (AvgIpc) is 2.04. The van der Waals surface area contributed by atoms with Gasteiger partial charge < -0.3 is 5.73 Å². The quantitative estimate of drug-likeness (QED) is 0.810. The predicted molar refractivity (Wildman–Crippen MR) is 57.2 cm³/mol. The zero-order chi connectivity index (χ0) is 8.10. The zero-order valence-electron chi connectivity index (χ0n) is 6.13.